The van der Waals surface area contributed by atoms with Crippen molar-refractivity contribution < 1.29 is 14.3 Å². The number of methoxy groups -OCH3 is 1. The standard InChI is InChI=1S/C11H12ClNO3/c1-11(10(14)15-2)6-16-9-7(12)4-3-5-8(9)13-11/h3-5,13H,6H2,1-2H3. The van der Waals surface area contributed by atoms with Gasteiger partial charge in [-0.05, 0) is 19.1 Å². The Morgan fingerprint density at radius 1 is 1.62 bits per heavy atom. The van der Waals surface area contributed by atoms with Crippen LogP contribution in [0.2, 0.25) is 5.02 Å². The molecule has 5 heteroatoms. The minimum absolute atomic E-state index is 0.191. The number of benzene rings is 1. The van der Waals surface area contributed by atoms with E-state index in [2.05, 4.69) is 5.32 Å². The average Bonchev–Trinajstić information content (AvgIpc) is 2.28. The minimum atomic E-state index is -0.869. The number of fused-ring (bicyclic) bond motifs is 1. The van der Waals surface area contributed by atoms with Crippen molar-refractivity contribution in [3.63, 3.8) is 0 Å². The molecular formula is C11H12ClNO3. The van der Waals surface area contributed by atoms with Crippen LogP contribution in [0.25, 0.3) is 0 Å². The lowest BCUT2D eigenvalue weighted by Gasteiger charge is -2.34. The van der Waals surface area contributed by atoms with Gasteiger partial charge in [-0.1, -0.05) is 17.7 Å². The molecule has 1 N–H and O–H groups in total. The van der Waals surface area contributed by atoms with Gasteiger partial charge < -0.3 is 14.8 Å². The largest absolute Gasteiger partial charge is 0.487 e. The predicted molar refractivity (Wildman–Crippen MR) is 61.0 cm³/mol. The molecule has 2 rings (SSSR count). The second-order valence-corrected chi connectivity index (χ2v) is 4.26. The number of nitrogens with one attached hydrogen (secondary N) is 1. The van der Waals surface area contributed by atoms with E-state index in [9.17, 15) is 4.79 Å². The first kappa shape index (κ1) is 11.1. The molecule has 86 valence electrons. The number of anilines is 1. The van der Waals surface area contributed by atoms with Gasteiger partial charge in [-0.25, -0.2) is 4.79 Å². The number of halogens is 1. The predicted octanol–water partition coefficient (Wildman–Crippen LogP) is 2.08. The molecule has 1 aliphatic rings. The van der Waals surface area contributed by atoms with Crippen LogP contribution in [0.1, 0.15) is 6.92 Å². The molecule has 0 radical (unpaired) electrons. The maximum absolute atomic E-state index is 11.6. The van der Waals surface area contributed by atoms with Gasteiger partial charge >= 0.3 is 5.97 Å². The van der Waals surface area contributed by atoms with Gasteiger partial charge in [-0.2, -0.15) is 0 Å². The molecular weight excluding hydrogens is 230 g/mol. The molecule has 0 aliphatic carbocycles. The van der Waals surface area contributed by atoms with Crippen molar-refractivity contribution in [3.05, 3.63) is 23.2 Å². The zero-order valence-electron chi connectivity index (χ0n) is 9.04. The molecule has 0 saturated heterocycles. The van der Waals surface area contributed by atoms with E-state index in [1.54, 1.807) is 19.1 Å². The highest BCUT2D eigenvalue weighted by Crippen LogP contribution is 2.38. The molecule has 1 atom stereocenters. The molecule has 0 spiro atoms. The maximum Gasteiger partial charge on any atom is 0.334 e. The lowest BCUT2D eigenvalue weighted by molar-refractivity contribution is -0.146. The highest BCUT2D eigenvalue weighted by molar-refractivity contribution is 6.32. The number of ether oxygens (including phenoxy) is 2. The Bertz CT molecular complexity index is 435. The number of carbonyl (C=O) groups excluding carboxylic acids is 1. The van der Waals surface area contributed by atoms with Gasteiger partial charge in [0, 0.05) is 0 Å². The first-order valence-corrected chi connectivity index (χ1v) is 5.22. The third-order valence-corrected chi connectivity index (χ3v) is 2.82. The lowest BCUT2D eigenvalue weighted by atomic mass is 10.0. The first-order valence-electron chi connectivity index (χ1n) is 4.85. The van der Waals surface area contributed by atoms with Gasteiger partial charge in [-0.3, -0.25) is 0 Å². The van der Waals surface area contributed by atoms with Crippen LogP contribution in [0.5, 0.6) is 5.75 Å². The van der Waals surface area contributed by atoms with Crippen LogP contribution in [0.15, 0.2) is 18.2 Å². The Hall–Kier alpha value is -1.42. The number of para-hydroxylation sites is 1. The molecule has 0 saturated carbocycles. The second kappa shape index (κ2) is 3.87. The van der Waals surface area contributed by atoms with Gasteiger partial charge in [0.05, 0.1) is 17.8 Å². The van der Waals surface area contributed by atoms with Crippen LogP contribution in [-0.4, -0.2) is 25.2 Å². The molecule has 1 aromatic rings. The summed E-state index contributed by atoms with van der Waals surface area (Å²) in [5, 5.41) is 3.61. The fraction of sp³-hybridized carbons (Fsp3) is 0.364. The van der Waals surface area contributed by atoms with Crippen molar-refractivity contribution in [2.24, 2.45) is 0 Å². The van der Waals surface area contributed by atoms with E-state index in [1.165, 1.54) is 7.11 Å². The van der Waals surface area contributed by atoms with Gasteiger partial charge in [0.15, 0.2) is 11.3 Å². The third-order valence-electron chi connectivity index (χ3n) is 2.52. The summed E-state index contributed by atoms with van der Waals surface area (Å²) < 4.78 is 10.2. The number of hydrogen-bond donors (Lipinski definition) is 1. The van der Waals surface area contributed by atoms with Crippen LogP contribution in [0.3, 0.4) is 0 Å². The van der Waals surface area contributed by atoms with Gasteiger partial charge in [0.25, 0.3) is 0 Å². The number of hydrogen-bond acceptors (Lipinski definition) is 4. The monoisotopic (exact) mass is 241 g/mol. The summed E-state index contributed by atoms with van der Waals surface area (Å²) in [6.07, 6.45) is 0. The van der Waals surface area contributed by atoms with E-state index >= 15 is 0 Å². The Morgan fingerprint density at radius 2 is 2.38 bits per heavy atom. The van der Waals surface area contributed by atoms with Crippen LogP contribution in [0.4, 0.5) is 5.69 Å². The summed E-state index contributed by atoms with van der Waals surface area (Å²) in [5.74, 6) is 0.212. The van der Waals surface area contributed by atoms with Crippen LogP contribution < -0.4 is 10.1 Å². The smallest absolute Gasteiger partial charge is 0.334 e. The Balaban J connectivity index is 2.34. The van der Waals surface area contributed by atoms with Crippen molar-refractivity contribution in [1.29, 1.82) is 0 Å². The second-order valence-electron chi connectivity index (χ2n) is 3.85. The topological polar surface area (TPSA) is 47.6 Å². The summed E-state index contributed by atoms with van der Waals surface area (Å²) in [4.78, 5) is 11.6. The number of esters is 1. The molecule has 0 fully saturated rings. The van der Waals surface area contributed by atoms with Crippen LogP contribution >= 0.6 is 11.6 Å². The molecule has 1 aliphatic heterocycles. The number of carbonyl (C=O) groups is 1. The van der Waals surface area contributed by atoms with E-state index in [1.807, 2.05) is 6.07 Å². The van der Waals surface area contributed by atoms with Gasteiger partial charge in [-0.15, -0.1) is 0 Å². The minimum Gasteiger partial charge on any atom is -0.487 e. The zero-order chi connectivity index (χ0) is 11.8. The van der Waals surface area contributed by atoms with Crippen molar-refractivity contribution in [3.8, 4) is 5.75 Å². The lowest BCUT2D eigenvalue weighted by Crippen LogP contribution is -2.51. The fourth-order valence-corrected chi connectivity index (χ4v) is 1.87. The van der Waals surface area contributed by atoms with E-state index in [-0.39, 0.29) is 12.6 Å². The highest BCUT2D eigenvalue weighted by Gasteiger charge is 2.39. The van der Waals surface area contributed by atoms with E-state index in [0.29, 0.717) is 16.5 Å². The molecule has 4 nitrogen and oxygen atoms in total. The molecule has 0 amide bonds. The van der Waals surface area contributed by atoms with E-state index < -0.39 is 5.54 Å². The molecule has 16 heavy (non-hydrogen) atoms. The van der Waals surface area contributed by atoms with E-state index in [0.717, 1.165) is 0 Å². The van der Waals surface area contributed by atoms with Gasteiger partial charge in [0.1, 0.15) is 6.61 Å². The quantitative estimate of drug-likeness (QED) is 0.765. The third kappa shape index (κ3) is 1.69. The normalized spacial score (nSPS) is 22.7. The van der Waals surface area contributed by atoms with Crippen LogP contribution in [0, 0.1) is 0 Å². The SMILES string of the molecule is COC(=O)C1(C)COc2c(Cl)cccc2N1. The summed E-state index contributed by atoms with van der Waals surface area (Å²) in [7, 11) is 1.35. The molecule has 1 aromatic carbocycles. The Kier molecular flexibility index (Phi) is 2.68. The number of rotatable bonds is 1. The molecule has 0 bridgehead atoms. The van der Waals surface area contributed by atoms with E-state index in [4.69, 9.17) is 21.1 Å². The van der Waals surface area contributed by atoms with Crippen molar-refractivity contribution >= 4 is 23.3 Å². The average molecular weight is 242 g/mol. The Morgan fingerprint density at radius 3 is 3.06 bits per heavy atom. The summed E-state index contributed by atoms with van der Waals surface area (Å²) in [5.41, 5.74) is -0.168. The fourth-order valence-electron chi connectivity index (χ4n) is 1.64. The van der Waals surface area contributed by atoms with Gasteiger partial charge in [0.2, 0.25) is 0 Å². The summed E-state index contributed by atoms with van der Waals surface area (Å²) >= 11 is 5.97. The molecule has 1 unspecified atom stereocenters. The maximum atomic E-state index is 11.6. The summed E-state index contributed by atoms with van der Waals surface area (Å²) in [6.45, 7) is 1.92. The Labute approximate surface area is 98.5 Å². The molecule has 0 aromatic heterocycles. The molecule has 1 heterocycles. The first-order chi connectivity index (χ1) is 7.57. The zero-order valence-corrected chi connectivity index (χ0v) is 9.80. The van der Waals surface area contributed by atoms with Crippen molar-refractivity contribution in [1.82, 2.24) is 0 Å². The van der Waals surface area contributed by atoms with Crippen molar-refractivity contribution in [2.45, 2.75) is 12.5 Å². The summed E-state index contributed by atoms with van der Waals surface area (Å²) in [6, 6.07) is 5.34. The highest BCUT2D eigenvalue weighted by atomic mass is 35.5. The van der Waals surface area contributed by atoms with Crippen LogP contribution in [-0.2, 0) is 9.53 Å². The van der Waals surface area contributed by atoms with Crippen molar-refractivity contribution in [2.75, 3.05) is 19.0 Å².